The van der Waals surface area contributed by atoms with E-state index < -0.39 is 0 Å². The van der Waals surface area contributed by atoms with E-state index in [4.69, 9.17) is 16.0 Å². The number of furan rings is 1. The highest BCUT2D eigenvalue weighted by Gasteiger charge is 2.25. The van der Waals surface area contributed by atoms with Gasteiger partial charge < -0.3 is 9.73 Å². The number of hydrogen-bond donors (Lipinski definition) is 1. The average Bonchev–Trinajstić information content (AvgIpc) is 2.79. The summed E-state index contributed by atoms with van der Waals surface area (Å²) in [5, 5.41) is 5.37. The van der Waals surface area contributed by atoms with Crippen LogP contribution < -0.4 is 5.32 Å². The molecule has 0 saturated carbocycles. The second kappa shape index (κ2) is 6.41. The van der Waals surface area contributed by atoms with E-state index in [9.17, 15) is 0 Å². The molecule has 116 valence electrons. The fourth-order valence-electron chi connectivity index (χ4n) is 2.46. The summed E-state index contributed by atoms with van der Waals surface area (Å²) >= 11 is 6.06. The lowest BCUT2D eigenvalue weighted by Gasteiger charge is -2.30. The Morgan fingerprint density at radius 2 is 1.95 bits per heavy atom. The molecular formula is C18H26ClNO. The first-order valence-corrected chi connectivity index (χ1v) is 8.11. The lowest BCUT2D eigenvalue weighted by molar-refractivity contribution is 0.216. The van der Waals surface area contributed by atoms with Gasteiger partial charge in [-0.05, 0) is 48.6 Å². The first-order chi connectivity index (χ1) is 9.81. The van der Waals surface area contributed by atoms with Crippen LogP contribution in [0.5, 0.6) is 0 Å². The van der Waals surface area contributed by atoms with Crippen LogP contribution in [0, 0.1) is 11.3 Å². The summed E-state index contributed by atoms with van der Waals surface area (Å²) in [7, 11) is 0. The maximum Gasteiger partial charge on any atom is 0.134 e. The van der Waals surface area contributed by atoms with Gasteiger partial charge >= 0.3 is 0 Å². The van der Waals surface area contributed by atoms with Crippen molar-refractivity contribution < 1.29 is 4.42 Å². The third kappa shape index (κ3) is 4.02. The van der Waals surface area contributed by atoms with Crippen LogP contribution in [0.2, 0.25) is 5.02 Å². The number of halogens is 1. The molecule has 1 aromatic carbocycles. The minimum Gasteiger partial charge on any atom is -0.459 e. The highest BCUT2D eigenvalue weighted by molar-refractivity contribution is 6.31. The van der Waals surface area contributed by atoms with Crippen molar-refractivity contribution in [1.29, 1.82) is 0 Å². The van der Waals surface area contributed by atoms with Gasteiger partial charge in [-0.1, -0.05) is 46.2 Å². The Labute approximate surface area is 132 Å². The van der Waals surface area contributed by atoms with Gasteiger partial charge in [0, 0.05) is 10.4 Å². The first kappa shape index (κ1) is 16.4. The first-order valence-electron chi connectivity index (χ1n) is 7.73. The zero-order valence-electron chi connectivity index (χ0n) is 13.7. The van der Waals surface area contributed by atoms with Gasteiger partial charge in [-0.2, -0.15) is 0 Å². The maximum absolute atomic E-state index is 6.06. The largest absolute Gasteiger partial charge is 0.459 e. The van der Waals surface area contributed by atoms with E-state index in [2.05, 4.69) is 46.0 Å². The van der Waals surface area contributed by atoms with Crippen LogP contribution in [-0.2, 0) is 0 Å². The van der Waals surface area contributed by atoms with E-state index in [0.717, 1.165) is 34.7 Å². The Bertz CT molecular complexity index is 597. The molecule has 1 N–H and O–H groups in total. The van der Waals surface area contributed by atoms with Crippen LogP contribution in [0.25, 0.3) is 11.0 Å². The third-order valence-electron chi connectivity index (χ3n) is 4.36. The smallest absolute Gasteiger partial charge is 0.134 e. The maximum atomic E-state index is 6.06. The van der Waals surface area contributed by atoms with Gasteiger partial charge in [-0.25, -0.2) is 0 Å². The molecule has 0 bridgehead atoms. The predicted molar refractivity (Wildman–Crippen MR) is 90.9 cm³/mol. The van der Waals surface area contributed by atoms with Crippen LogP contribution in [0.1, 0.15) is 52.8 Å². The zero-order valence-corrected chi connectivity index (χ0v) is 14.4. The lowest BCUT2D eigenvalue weighted by atomic mass is 9.78. The molecule has 2 rings (SSSR count). The van der Waals surface area contributed by atoms with Gasteiger partial charge in [0.15, 0.2) is 0 Å². The molecule has 2 nitrogen and oxygen atoms in total. The number of rotatable bonds is 5. The molecule has 21 heavy (non-hydrogen) atoms. The summed E-state index contributed by atoms with van der Waals surface area (Å²) in [4.78, 5) is 0. The summed E-state index contributed by atoms with van der Waals surface area (Å²) < 4.78 is 6.03. The molecule has 1 heterocycles. The zero-order chi connectivity index (χ0) is 15.6. The van der Waals surface area contributed by atoms with Gasteiger partial charge in [0.05, 0.1) is 6.04 Å². The molecule has 2 unspecified atom stereocenters. The summed E-state index contributed by atoms with van der Waals surface area (Å²) in [6.45, 7) is 12.2. The molecule has 0 aliphatic carbocycles. The quantitative estimate of drug-likeness (QED) is 0.754. The molecule has 0 saturated heterocycles. The third-order valence-corrected chi connectivity index (χ3v) is 4.59. The van der Waals surface area contributed by atoms with Crippen LogP contribution in [-0.4, -0.2) is 6.54 Å². The van der Waals surface area contributed by atoms with Crippen LogP contribution in [0.4, 0.5) is 0 Å². The minimum absolute atomic E-state index is 0.246. The van der Waals surface area contributed by atoms with Crippen LogP contribution >= 0.6 is 11.6 Å². The van der Waals surface area contributed by atoms with E-state index in [1.165, 1.54) is 0 Å². The lowest BCUT2D eigenvalue weighted by Crippen LogP contribution is -2.27. The van der Waals surface area contributed by atoms with Crippen molar-refractivity contribution in [3.05, 3.63) is 35.0 Å². The van der Waals surface area contributed by atoms with Crippen molar-refractivity contribution >= 4 is 22.6 Å². The van der Waals surface area contributed by atoms with Gasteiger partial charge in [0.1, 0.15) is 11.3 Å². The van der Waals surface area contributed by atoms with E-state index >= 15 is 0 Å². The van der Waals surface area contributed by atoms with E-state index in [1.807, 2.05) is 18.2 Å². The Morgan fingerprint density at radius 3 is 2.57 bits per heavy atom. The number of nitrogens with one attached hydrogen (secondary N) is 1. The highest BCUT2D eigenvalue weighted by Crippen LogP contribution is 2.35. The van der Waals surface area contributed by atoms with E-state index in [-0.39, 0.29) is 6.04 Å². The monoisotopic (exact) mass is 307 g/mol. The molecule has 2 atom stereocenters. The molecule has 0 aliphatic heterocycles. The number of hydrogen-bond acceptors (Lipinski definition) is 2. The van der Waals surface area contributed by atoms with Gasteiger partial charge in [0.25, 0.3) is 0 Å². The average molecular weight is 308 g/mol. The van der Waals surface area contributed by atoms with Crippen molar-refractivity contribution in [2.24, 2.45) is 11.3 Å². The van der Waals surface area contributed by atoms with Crippen molar-refractivity contribution in [1.82, 2.24) is 5.32 Å². The molecule has 0 amide bonds. The van der Waals surface area contributed by atoms with Crippen molar-refractivity contribution in [3.8, 4) is 0 Å². The Balaban J connectivity index is 2.27. The van der Waals surface area contributed by atoms with Crippen molar-refractivity contribution in [3.63, 3.8) is 0 Å². The molecule has 3 heteroatoms. The summed E-state index contributed by atoms with van der Waals surface area (Å²) in [5.74, 6) is 1.60. The molecule has 0 fully saturated rings. The molecule has 0 radical (unpaired) electrons. The van der Waals surface area contributed by atoms with Gasteiger partial charge in [-0.15, -0.1) is 0 Å². The molecule has 0 aliphatic rings. The summed E-state index contributed by atoms with van der Waals surface area (Å²) in [5.41, 5.74) is 1.20. The van der Waals surface area contributed by atoms with E-state index in [0.29, 0.717) is 11.3 Å². The fraction of sp³-hybridized carbons (Fsp3) is 0.556. The standard InChI is InChI=1S/C18H26ClNO/c1-6-20-15(9-12(2)18(3,4)5)17-11-13-10-14(19)7-8-16(13)21-17/h7-8,10-12,15,20H,6,9H2,1-5H3. The Hall–Kier alpha value is -0.990. The molecule has 0 spiro atoms. The van der Waals surface area contributed by atoms with Crippen LogP contribution in [0.15, 0.2) is 28.7 Å². The topological polar surface area (TPSA) is 25.2 Å². The Kier molecular flexibility index (Phi) is 5.00. The Morgan fingerprint density at radius 1 is 1.24 bits per heavy atom. The summed E-state index contributed by atoms with van der Waals surface area (Å²) in [6, 6.07) is 8.13. The second-order valence-corrected chi connectivity index (χ2v) is 7.38. The minimum atomic E-state index is 0.246. The van der Waals surface area contributed by atoms with Crippen LogP contribution in [0.3, 0.4) is 0 Å². The van der Waals surface area contributed by atoms with Crippen molar-refractivity contribution in [2.75, 3.05) is 6.54 Å². The normalized spacial score (nSPS) is 15.3. The molecule has 2 aromatic rings. The molecule has 1 aromatic heterocycles. The predicted octanol–water partition coefficient (Wildman–Crippen LogP) is 5.81. The van der Waals surface area contributed by atoms with Crippen molar-refractivity contribution in [2.45, 2.75) is 47.1 Å². The second-order valence-electron chi connectivity index (χ2n) is 6.94. The van der Waals surface area contributed by atoms with Gasteiger partial charge in [-0.3, -0.25) is 0 Å². The summed E-state index contributed by atoms with van der Waals surface area (Å²) in [6.07, 6.45) is 1.06. The fourth-order valence-corrected chi connectivity index (χ4v) is 2.64. The SMILES string of the molecule is CCNC(CC(C)C(C)(C)C)c1cc2cc(Cl)ccc2o1. The van der Waals surface area contributed by atoms with Gasteiger partial charge in [0.2, 0.25) is 0 Å². The highest BCUT2D eigenvalue weighted by atomic mass is 35.5. The van der Waals surface area contributed by atoms with E-state index in [1.54, 1.807) is 0 Å². The number of fused-ring (bicyclic) bond motifs is 1. The number of benzene rings is 1. The molecular weight excluding hydrogens is 282 g/mol.